The van der Waals surface area contributed by atoms with Crippen molar-refractivity contribution in [2.24, 2.45) is 0 Å². The molecule has 6 nitrogen and oxygen atoms in total. The Morgan fingerprint density at radius 2 is 1.60 bits per heavy atom. The highest BCUT2D eigenvalue weighted by Gasteiger charge is 2.42. The van der Waals surface area contributed by atoms with E-state index in [1.807, 2.05) is 0 Å². The van der Waals surface area contributed by atoms with Gasteiger partial charge >= 0.3 is 6.09 Å². The molecule has 3 rings (SSSR count). The standard InChI is InChI=1S/C23H27FN2O4/c1-22(2,3)30-21(28)26-19-9-7-18(8-10-19)25-20(27)23(11-13-29-14-12-23)16-5-4-6-17(24)15-16/h4-10,15H,11-14H2,1-3H3,(H,25,27)(H,26,28). The minimum absolute atomic E-state index is 0.204. The lowest BCUT2D eigenvalue weighted by atomic mass is 9.73. The summed E-state index contributed by atoms with van der Waals surface area (Å²) in [5, 5.41) is 5.58. The molecule has 0 aromatic heterocycles. The maximum atomic E-state index is 13.8. The summed E-state index contributed by atoms with van der Waals surface area (Å²) in [6.07, 6.45) is 0.396. The van der Waals surface area contributed by atoms with Crippen LogP contribution < -0.4 is 10.6 Å². The van der Waals surface area contributed by atoms with Crippen LogP contribution in [0, 0.1) is 5.82 Å². The molecular formula is C23H27FN2O4. The Morgan fingerprint density at radius 1 is 1.00 bits per heavy atom. The average Bonchev–Trinajstić information content (AvgIpc) is 2.68. The number of rotatable bonds is 4. The number of hydrogen-bond donors (Lipinski definition) is 2. The quantitative estimate of drug-likeness (QED) is 0.749. The normalized spacial score (nSPS) is 15.9. The van der Waals surface area contributed by atoms with E-state index in [4.69, 9.17) is 9.47 Å². The summed E-state index contributed by atoms with van der Waals surface area (Å²) >= 11 is 0. The third kappa shape index (κ3) is 5.36. The van der Waals surface area contributed by atoms with Crippen molar-refractivity contribution < 1.29 is 23.5 Å². The van der Waals surface area contributed by atoms with Crippen LogP contribution in [0.1, 0.15) is 39.2 Å². The smallest absolute Gasteiger partial charge is 0.412 e. The number of carbonyl (C=O) groups excluding carboxylic acids is 2. The Bertz CT molecular complexity index is 900. The van der Waals surface area contributed by atoms with Crippen LogP contribution in [0.2, 0.25) is 0 Å². The van der Waals surface area contributed by atoms with Crippen molar-refractivity contribution in [3.8, 4) is 0 Å². The molecule has 160 valence electrons. The Morgan fingerprint density at radius 3 is 2.17 bits per heavy atom. The highest BCUT2D eigenvalue weighted by molar-refractivity contribution is 5.99. The average molecular weight is 414 g/mol. The molecule has 0 spiro atoms. The van der Waals surface area contributed by atoms with Crippen molar-refractivity contribution in [1.29, 1.82) is 0 Å². The van der Waals surface area contributed by atoms with Crippen LogP contribution in [0.15, 0.2) is 48.5 Å². The number of carbonyl (C=O) groups is 2. The Hall–Kier alpha value is -2.93. The van der Waals surface area contributed by atoms with E-state index in [0.29, 0.717) is 43.0 Å². The Balaban J connectivity index is 1.72. The molecule has 0 radical (unpaired) electrons. The predicted molar refractivity (Wildman–Crippen MR) is 113 cm³/mol. The van der Waals surface area contributed by atoms with Crippen LogP contribution in [0.3, 0.4) is 0 Å². The van der Waals surface area contributed by atoms with Crippen LogP contribution in [0.4, 0.5) is 20.6 Å². The maximum absolute atomic E-state index is 13.8. The fourth-order valence-electron chi connectivity index (χ4n) is 3.46. The maximum Gasteiger partial charge on any atom is 0.412 e. The minimum Gasteiger partial charge on any atom is -0.444 e. The molecule has 0 atom stereocenters. The van der Waals surface area contributed by atoms with E-state index >= 15 is 0 Å². The first-order chi connectivity index (χ1) is 14.2. The highest BCUT2D eigenvalue weighted by atomic mass is 19.1. The Kier molecular flexibility index (Phi) is 6.41. The molecule has 2 N–H and O–H groups in total. The second kappa shape index (κ2) is 8.83. The lowest BCUT2D eigenvalue weighted by molar-refractivity contribution is -0.125. The van der Waals surface area contributed by atoms with Crippen molar-refractivity contribution in [2.45, 2.75) is 44.6 Å². The van der Waals surface area contributed by atoms with Gasteiger partial charge in [-0.05, 0) is 75.6 Å². The third-order valence-electron chi connectivity index (χ3n) is 4.95. The van der Waals surface area contributed by atoms with Crippen LogP contribution in [-0.2, 0) is 19.7 Å². The van der Waals surface area contributed by atoms with Crippen molar-refractivity contribution in [3.05, 3.63) is 59.9 Å². The fourth-order valence-corrected chi connectivity index (χ4v) is 3.46. The molecule has 0 unspecified atom stereocenters. The summed E-state index contributed by atoms with van der Waals surface area (Å²) in [6, 6.07) is 12.9. The van der Waals surface area contributed by atoms with Crippen molar-refractivity contribution in [3.63, 3.8) is 0 Å². The molecule has 1 heterocycles. The molecule has 30 heavy (non-hydrogen) atoms. The number of nitrogens with one attached hydrogen (secondary N) is 2. The first kappa shape index (κ1) is 21.8. The van der Waals surface area contributed by atoms with Gasteiger partial charge in [0, 0.05) is 24.6 Å². The van der Waals surface area contributed by atoms with Gasteiger partial charge in [-0.1, -0.05) is 12.1 Å². The fraction of sp³-hybridized carbons (Fsp3) is 0.391. The van der Waals surface area contributed by atoms with Gasteiger partial charge in [0.1, 0.15) is 11.4 Å². The molecule has 0 aliphatic carbocycles. The molecule has 1 aliphatic heterocycles. The summed E-state index contributed by atoms with van der Waals surface area (Å²) < 4.78 is 24.5. The number of amides is 2. The first-order valence-electron chi connectivity index (χ1n) is 9.93. The molecule has 1 fully saturated rings. The van der Waals surface area contributed by atoms with E-state index in [1.165, 1.54) is 12.1 Å². The van der Waals surface area contributed by atoms with E-state index in [-0.39, 0.29) is 11.7 Å². The minimum atomic E-state index is -0.853. The van der Waals surface area contributed by atoms with Gasteiger partial charge in [0.15, 0.2) is 0 Å². The zero-order valence-corrected chi connectivity index (χ0v) is 17.5. The molecule has 1 saturated heterocycles. The second-order valence-corrected chi connectivity index (χ2v) is 8.36. The van der Waals surface area contributed by atoms with Crippen molar-refractivity contribution in [1.82, 2.24) is 0 Å². The molecule has 1 aliphatic rings. The Labute approximate surface area is 175 Å². The van der Waals surface area contributed by atoms with Crippen LogP contribution >= 0.6 is 0 Å². The summed E-state index contributed by atoms with van der Waals surface area (Å²) in [6.45, 7) is 6.23. The second-order valence-electron chi connectivity index (χ2n) is 8.36. The zero-order chi connectivity index (χ0) is 21.8. The molecule has 2 amide bonds. The van der Waals surface area contributed by atoms with Crippen molar-refractivity contribution in [2.75, 3.05) is 23.8 Å². The molecule has 7 heteroatoms. The molecule has 2 aromatic rings. The molecule has 0 saturated carbocycles. The number of hydrogen-bond acceptors (Lipinski definition) is 4. The lowest BCUT2D eigenvalue weighted by Gasteiger charge is -2.36. The SMILES string of the molecule is CC(C)(C)OC(=O)Nc1ccc(NC(=O)C2(c3cccc(F)c3)CCOCC2)cc1. The van der Waals surface area contributed by atoms with Gasteiger partial charge in [0.25, 0.3) is 0 Å². The van der Waals surface area contributed by atoms with Gasteiger partial charge in [0.2, 0.25) is 5.91 Å². The number of halogens is 1. The molecular weight excluding hydrogens is 387 g/mol. The number of benzene rings is 2. The van der Waals surface area contributed by atoms with Gasteiger partial charge in [-0.3, -0.25) is 10.1 Å². The largest absolute Gasteiger partial charge is 0.444 e. The molecule has 2 aromatic carbocycles. The predicted octanol–water partition coefficient (Wildman–Crippen LogP) is 4.86. The van der Waals surface area contributed by atoms with Crippen LogP contribution in [0.5, 0.6) is 0 Å². The zero-order valence-electron chi connectivity index (χ0n) is 17.5. The van der Waals surface area contributed by atoms with Gasteiger partial charge < -0.3 is 14.8 Å². The van der Waals surface area contributed by atoms with Crippen molar-refractivity contribution >= 4 is 23.4 Å². The summed E-state index contributed by atoms with van der Waals surface area (Å²) in [5.74, 6) is -0.576. The molecule has 0 bridgehead atoms. The van der Waals surface area contributed by atoms with Gasteiger partial charge in [-0.2, -0.15) is 0 Å². The van der Waals surface area contributed by atoms with E-state index in [0.717, 1.165) is 0 Å². The summed E-state index contributed by atoms with van der Waals surface area (Å²) in [7, 11) is 0. The van der Waals surface area contributed by atoms with Crippen LogP contribution in [-0.4, -0.2) is 30.8 Å². The topological polar surface area (TPSA) is 76.7 Å². The third-order valence-corrected chi connectivity index (χ3v) is 4.95. The first-order valence-corrected chi connectivity index (χ1v) is 9.93. The number of anilines is 2. The van der Waals surface area contributed by atoms with Gasteiger partial charge in [-0.15, -0.1) is 0 Å². The monoisotopic (exact) mass is 414 g/mol. The summed E-state index contributed by atoms with van der Waals surface area (Å²) in [5.41, 5.74) is 0.331. The summed E-state index contributed by atoms with van der Waals surface area (Å²) in [4.78, 5) is 25.1. The van der Waals surface area contributed by atoms with E-state index in [2.05, 4.69) is 10.6 Å². The van der Waals surface area contributed by atoms with Gasteiger partial charge in [0.05, 0.1) is 5.41 Å². The van der Waals surface area contributed by atoms with Gasteiger partial charge in [-0.25, -0.2) is 9.18 Å². The van der Waals surface area contributed by atoms with Crippen LogP contribution in [0.25, 0.3) is 0 Å². The van der Waals surface area contributed by atoms with E-state index in [9.17, 15) is 14.0 Å². The van der Waals surface area contributed by atoms with E-state index in [1.54, 1.807) is 57.2 Å². The number of ether oxygens (including phenoxy) is 2. The lowest BCUT2D eigenvalue weighted by Crippen LogP contribution is -2.44. The van der Waals surface area contributed by atoms with E-state index < -0.39 is 17.1 Å². The highest BCUT2D eigenvalue weighted by Crippen LogP contribution is 2.36.